The van der Waals surface area contributed by atoms with Gasteiger partial charge in [0.05, 0.1) is 21.7 Å². The summed E-state index contributed by atoms with van der Waals surface area (Å²) in [6.07, 6.45) is 7.42. The van der Waals surface area contributed by atoms with Gasteiger partial charge in [0.25, 0.3) is 5.91 Å². The number of fused-ring (bicyclic) bond motifs is 1. The molecule has 2 saturated carbocycles. The molecule has 2 aromatic carbocycles. The average molecular weight is 579 g/mol. The molecule has 5 rings (SSSR count). The number of halogens is 4. The highest BCUT2D eigenvalue weighted by atomic mass is 35.5. The van der Waals surface area contributed by atoms with Crippen LogP contribution in [0.3, 0.4) is 0 Å². The smallest absolute Gasteiger partial charge is 0.256 e. The zero-order valence-electron chi connectivity index (χ0n) is 21.3. The van der Waals surface area contributed by atoms with E-state index in [1.165, 1.54) is 18.2 Å². The molecule has 208 valence electrons. The molecule has 2 fully saturated rings. The summed E-state index contributed by atoms with van der Waals surface area (Å²) in [7, 11) is 0. The molecule has 0 saturated heterocycles. The van der Waals surface area contributed by atoms with Gasteiger partial charge in [-0.1, -0.05) is 23.2 Å². The van der Waals surface area contributed by atoms with Crippen molar-refractivity contribution in [2.45, 2.75) is 69.6 Å². The van der Waals surface area contributed by atoms with Crippen molar-refractivity contribution in [1.82, 2.24) is 9.88 Å². The molecule has 0 radical (unpaired) electrons. The number of hydrogen-bond donors (Lipinski definition) is 2. The number of benzene rings is 2. The van der Waals surface area contributed by atoms with Crippen LogP contribution in [-0.2, 0) is 0 Å². The van der Waals surface area contributed by atoms with Crippen LogP contribution in [-0.4, -0.2) is 34.3 Å². The van der Waals surface area contributed by atoms with Gasteiger partial charge in [-0.15, -0.1) is 0 Å². The van der Waals surface area contributed by atoms with Crippen molar-refractivity contribution in [1.29, 1.82) is 0 Å². The number of nitrogens with one attached hydrogen (secondary N) is 1. The Morgan fingerprint density at radius 1 is 1.05 bits per heavy atom. The van der Waals surface area contributed by atoms with E-state index in [0.717, 1.165) is 51.0 Å². The predicted octanol–water partition coefficient (Wildman–Crippen LogP) is 6.43. The van der Waals surface area contributed by atoms with Crippen molar-refractivity contribution >= 4 is 40.0 Å². The highest BCUT2D eigenvalue weighted by Crippen LogP contribution is 2.38. The van der Waals surface area contributed by atoms with E-state index in [1.54, 1.807) is 12.3 Å². The highest BCUT2D eigenvalue weighted by Gasteiger charge is 2.29. The van der Waals surface area contributed by atoms with Crippen LogP contribution in [0, 0.1) is 17.6 Å². The van der Waals surface area contributed by atoms with Crippen molar-refractivity contribution in [2.24, 2.45) is 5.92 Å². The molecular weight excluding hydrogens is 549 g/mol. The summed E-state index contributed by atoms with van der Waals surface area (Å²) < 4.78 is 35.0. The maximum absolute atomic E-state index is 14.2. The number of ether oxygens (including phenoxy) is 1. The van der Waals surface area contributed by atoms with Gasteiger partial charge in [0.15, 0.2) is 0 Å². The lowest BCUT2D eigenvalue weighted by atomic mass is 9.83. The number of nitrogens with zero attached hydrogens (tertiary/aromatic N) is 1. The molecule has 1 atom stereocenters. The van der Waals surface area contributed by atoms with E-state index in [9.17, 15) is 23.5 Å². The fourth-order valence-electron chi connectivity index (χ4n) is 5.29. The van der Waals surface area contributed by atoms with Gasteiger partial charge in [-0.3, -0.25) is 9.59 Å². The summed E-state index contributed by atoms with van der Waals surface area (Å²) in [6, 6.07) is 6.84. The Hall–Kier alpha value is -2.68. The lowest BCUT2D eigenvalue weighted by Gasteiger charge is -2.29. The van der Waals surface area contributed by atoms with E-state index in [1.807, 2.05) is 4.57 Å². The fraction of sp³-hybridized carbons (Fsp3) is 0.448. The highest BCUT2D eigenvalue weighted by molar-refractivity contribution is 6.31. The number of aromatic nitrogens is 1. The topological polar surface area (TPSA) is 80.6 Å². The van der Waals surface area contributed by atoms with Gasteiger partial charge in [-0.25, -0.2) is 8.78 Å². The van der Waals surface area contributed by atoms with E-state index in [2.05, 4.69) is 5.32 Å². The minimum absolute atomic E-state index is 0.0157. The first-order valence-corrected chi connectivity index (χ1v) is 14.1. The molecule has 3 aromatic rings. The zero-order valence-corrected chi connectivity index (χ0v) is 22.8. The number of pyridine rings is 1. The molecule has 1 aromatic heterocycles. The molecule has 1 amide bonds. The Morgan fingerprint density at radius 2 is 1.77 bits per heavy atom. The maximum Gasteiger partial charge on any atom is 0.256 e. The predicted molar refractivity (Wildman–Crippen MR) is 147 cm³/mol. The van der Waals surface area contributed by atoms with Gasteiger partial charge in [0, 0.05) is 29.7 Å². The number of aliphatic hydroxyl groups is 1. The largest absolute Gasteiger partial charge is 0.491 e. The van der Waals surface area contributed by atoms with Crippen LogP contribution in [0.4, 0.5) is 8.78 Å². The lowest BCUT2D eigenvalue weighted by Crippen LogP contribution is -2.40. The van der Waals surface area contributed by atoms with Gasteiger partial charge in [0.2, 0.25) is 5.43 Å². The summed E-state index contributed by atoms with van der Waals surface area (Å²) in [4.78, 5) is 26.2. The molecule has 0 bridgehead atoms. The quantitative estimate of drug-likeness (QED) is 0.306. The van der Waals surface area contributed by atoms with Crippen LogP contribution < -0.4 is 15.5 Å². The number of rotatable bonds is 9. The number of aliphatic hydroxyl groups excluding tert-OH is 1. The van der Waals surface area contributed by atoms with Crippen molar-refractivity contribution in [3.8, 4) is 5.75 Å². The third kappa shape index (κ3) is 6.56. The molecule has 0 spiro atoms. The molecule has 39 heavy (non-hydrogen) atoms. The SMILES string of the molecule is O=C(NC1CCC(CCC(O)COc2ccc(Cl)c(F)c2)CC1)c1cn(C2CC2)c2cc(Cl)c(F)cc2c1=O. The standard InChI is InChI=1S/C29H30Cl2F2N2O4/c30-23-10-9-20(11-25(23)32)39-15-19(36)8-3-16-1-4-17(5-2-16)34-29(38)22-14-35(18-6-7-18)27-13-24(31)26(33)12-21(27)28(22)37/h9-14,16-19,36H,1-8,15H2,(H,34,38). The molecular formula is C29H30Cl2F2N2O4. The van der Waals surface area contributed by atoms with Crippen LogP contribution in [0.5, 0.6) is 5.75 Å². The Labute approximate surface area is 234 Å². The number of carbonyl (C=O) groups is 1. The number of hydrogen-bond acceptors (Lipinski definition) is 4. The van der Waals surface area contributed by atoms with E-state index in [0.29, 0.717) is 23.6 Å². The van der Waals surface area contributed by atoms with E-state index >= 15 is 0 Å². The van der Waals surface area contributed by atoms with Crippen molar-refractivity contribution < 1.29 is 23.4 Å². The van der Waals surface area contributed by atoms with Gasteiger partial charge in [-0.2, -0.15) is 0 Å². The lowest BCUT2D eigenvalue weighted by molar-refractivity contribution is 0.0875. The van der Waals surface area contributed by atoms with Gasteiger partial charge in [-0.05, 0) is 81.5 Å². The summed E-state index contributed by atoms with van der Waals surface area (Å²) in [5.74, 6) is -0.977. The average Bonchev–Trinajstić information content (AvgIpc) is 3.76. The van der Waals surface area contributed by atoms with Gasteiger partial charge in [0.1, 0.15) is 29.6 Å². The monoisotopic (exact) mass is 578 g/mol. The van der Waals surface area contributed by atoms with Crippen molar-refractivity contribution in [3.63, 3.8) is 0 Å². The van der Waals surface area contributed by atoms with Crippen LogP contribution in [0.25, 0.3) is 10.9 Å². The van der Waals surface area contributed by atoms with E-state index in [4.69, 9.17) is 27.9 Å². The molecule has 10 heteroatoms. The van der Waals surface area contributed by atoms with E-state index in [-0.39, 0.29) is 39.7 Å². The Bertz CT molecular complexity index is 1440. The Kier molecular flexibility index (Phi) is 8.45. The second kappa shape index (κ2) is 11.8. The van der Waals surface area contributed by atoms with Crippen LogP contribution in [0.2, 0.25) is 10.0 Å². The molecule has 1 unspecified atom stereocenters. The first-order chi connectivity index (χ1) is 18.7. The summed E-state index contributed by atoms with van der Waals surface area (Å²) in [5.41, 5.74) is 0.0574. The third-order valence-corrected chi connectivity index (χ3v) is 8.28. The third-order valence-electron chi connectivity index (χ3n) is 7.68. The van der Waals surface area contributed by atoms with Gasteiger partial charge < -0.3 is 19.7 Å². The maximum atomic E-state index is 14.2. The van der Waals surface area contributed by atoms with Crippen LogP contribution in [0.15, 0.2) is 41.3 Å². The summed E-state index contributed by atoms with van der Waals surface area (Å²) in [6.45, 7) is 0.0622. The fourth-order valence-corrected chi connectivity index (χ4v) is 5.57. The first kappa shape index (κ1) is 27.9. The molecule has 0 aliphatic heterocycles. The Balaban J connectivity index is 1.13. The second-order valence-corrected chi connectivity index (χ2v) is 11.4. The molecule has 2 N–H and O–H groups in total. The number of carbonyl (C=O) groups excluding carboxylic acids is 1. The normalized spacial score (nSPS) is 20.1. The zero-order chi connectivity index (χ0) is 27.7. The minimum atomic E-state index is -0.685. The van der Waals surface area contributed by atoms with Gasteiger partial charge >= 0.3 is 0 Å². The first-order valence-electron chi connectivity index (χ1n) is 13.3. The Morgan fingerprint density at radius 3 is 2.46 bits per heavy atom. The minimum Gasteiger partial charge on any atom is -0.491 e. The van der Waals surface area contributed by atoms with Crippen LogP contribution in [0.1, 0.15) is 67.8 Å². The second-order valence-electron chi connectivity index (χ2n) is 10.6. The van der Waals surface area contributed by atoms with Crippen LogP contribution >= 0.6 is 23.2 Å². The number of amides is 1. The van der Waals surface area contributed by atoms with E-state index < -0.39 is 29.1 Å². The molecule has 1 heterocycles. The molecule has 2 aliphatic carbocycles. The summed E-state index contributed by atoms with van der Waals surface area (Å²) in [5, 5.41) is 13.4. The summed E-state index contributed by atoms with van der Waals surface area (Å²) >= 11 is 11.6. The molecule has 6 nitrogen and oxygen atoms in total. The molecule has 2 aliphatic rings. The van der Waals surface area contributed by atoms with Crippen molar-refractivity contribution in [2.75, 3.05) is 6.61 Å². The van der Waals surface area contributed by atoms with Crippen molar-refractivity contribution in [3.05, 3.63) is 74.0 Å².